The lowest BCUT2D eigenvalue weighted by atomic mass is 9.93. The van der Waals surface area contributed by atoms with E-state index in [2.05, 4.69) is 29.3 Å². The first-order valence-electron chi connectivity index (χ1n) is 7.90. The monoisotopic (exact) mass is 306 g/mol. The molecule has 0 unspecified atom stereocenters. The summed E-state index contributed by atoms with van der Waals surface area (Å²) in [4.78, 5) is 14.2. The molecule has 1 aromatic rings. The smallest absolute Gasteiger partial charge is 0.225 e. The van der Waals surface area contributed by atoms with Crippen LogP contribution >= 0.6 is 11.6 Å². The summed E-state index contributed by atoms with van der Waals surface area (Å²) in [6.45, 7) is 4.90. The SMILES string of the molecule is C[C@@H]1CN(C(=O)C2CC2)CC[C@H]1NCc1ccc(Cl)cc1. The molecule has 1 amide bonds. The predicted octanol–water partition coefficient (Wildman–Crippen LogP) is 3.08. The Bertz CT molecular complexity index is 498. The summed E-state index contributed by atoms with van der Waals surface area (Å²) >= 11 is 5.90. The van der Waals surface area contributed by atoms with E-state index in [9.17, 15) is 4.79 Å². The third kappa shape index (κ3) is 3.78. The van der Waals surface area contributed by atoms with Crippen LogP contribution in [0.3, 0.4) is 0 Å². The molecule has 3 nitrogen and oxygen atoms in total. The Morgan fingerprint density at radius 2 is 2.00 bits per heavy atom. The molecule has 0 bridgehead atoms. The molecule has 1 aliphatic heterocycles. The first-order chi connectivity index (χ1) is 10.1. The van der Waals surface area contributed by atoms with E-state index in [0.717, 1.165) is 43.9 Å². The van der Waals surface area contributed by atoms with Crippen LogP contribution in [0.5, 0.6) is 0 Å². The molecule has 1 aliphatic carbocycles. The van der Waals surface area contributed by atoms with Crippen molar-refractivity contribution in [1.29, 1.82) is 0 Å². The molecule has 2 fully saturated rings. The van der Waals surface area contributed by atoms with Gasteiger partial charge in [0.15, 0.2) is 0 Å². The number of benzene rings is 1. The normalized spacial score (nSPS) is 25.9. The second-order valence-corrected chi connectivity index (χ2v) is 6.87. The molecule has 114 valence electrons. The fourth-order valence-electron chi connectivity index (χ4n) is 3.09. The number of carbonyl (C=O) groups excluding carboxylic acids is 1. The highest BCUT2D eigenvalue weighted by Gasteiger charge is 2.36. The number of amides is 1. The molecular formula is C17H23ClN2O. The fourth-order valence-corrected chi connectivity index (χ4v) is 3.21. The van der Waals surface area contributed by atoms with Gasteiger partial charge in [-0.2, -0.15) is 0 Å². The average Bonchev–Trinajstić information content (AvgIpc) is 3.31. The fraction of sp³-hybridized carbons (Fsp3) is 0.588. The molecule has 3 rings (SSSR count). The zero-order valence-electron chi connectivity index (χ0n) is 12.5. The van der Waals surface area contributed by atoms with Gasteiger partial charge in [-0.25, -0.2) is 0 Å². The molecule has 1 saturated heterocycles. The molecule has 0 aromatic heterocycles. The van der Waals surface area contributed by atoms with Crippen LogP contribution in [0.1, 0.15) is 31.7 Å². The highest BCUT2D eigenvalue weighted by Crippen LogP contribution is 2.32. The zero-order chi connectivity index (χ0) is 14.8. The van der Waals surface area contributed by atoms with Crippen molar-refractivity contribution in [2.45, 2.75) is 38.8 Å². The molecule has 1 N–H and O–H groups in total. The number of nitrogens with zero attached hydrogens (tertiary/aromatic N) is 1. The summed E-state index contributed by atoms with van der Waals surface area (Å²) < 4.78 is 0. The average molecular weight is 307 g/mol. The molecule has 1 saturated carbocycles. The quantitative estimate of drug-likeness (QED) is 0.927. The van der Waals surface area contributed by atoms with Gasteiger partial charge in [-0.15, -0.1) is 0 Å². The van der Waals surface area contributed by atoms with Crippen molar-refractivity contribution in [3.05, 3.63) is 34.9 Å². The minimum Gasteiger partial charge on any atom is -0.342 e. The van der Waals surface area contributed by atoms with E-state index in [-0.39, 0.29) is 0 Å². The van der Waals surface area contributed by atoms with E-state index < -0.39 is 0 Å². The Hall–Kier alpha value is -1.06. The van der Waals surface area contributed by atoms with Gasteiger partial charge >= 0.3 is 0 Å². The number of hydrogen-bond acceptors (Lipinski definition) is 2. The molecule has 4 heteroatoms. The summed E-state index contributed by atoms with van der Waals surface area (Å²) in [7, 11) is 0. The van der Waals surface area contributed by atoms with Gasteiger partial charge in [0, 0.05) is 36.6 Å². The topological polar surface area (TPSA) is 32.3 Å². The molecule has 1 heterocycles. The van der Waals surface area contributed by atoms with Crippen molar-refractivity contribution in [3.8, 4) is 0 Å². The lowest BCUT2D eigenvalue weighted by Gasteiger charge is -2.37. The Morgan fingerprint density at radius 1 is 1.29 bits per heavy atom. The van der Waals surface area contributed by atoms with E-state index in [4.69, 9.17) is 11.6 Å². The maximum Gasteiger partial charge on any atom is 0.225 e. The number of carbonyl (C=O) groups is 1. The van der Waals surface area contributed by atoms with Gasteiger partial charge in [0.1, 0.15) is 0 Å². The van der Waals surface area contributed by atoms with Crippen LogP contribution in [0.15, 0.2) is 24.3 Å². The van der Waals surface area contributed by atoms with E-state index in [1.807, 2.05) is 12.1 Å². The lowest BCUT2D eigenvalue weighted by molar-refractivity contribution is -0.134. The third-order valence-corrected chi connectivity index (χ3v) is 4.88. The summed E-state index contributed by atoms with van der Waals surface area (Å²) in [5.41, 5.74) is 1.25. The van der Waals surface area contributed by atoms with Gasteiger partial charge in [-0.1, -0.05) is 30.7 Å². The number of rotatable bonds is 4. The molecule has 0 spiro atoms. The largest absolute Gasteiger partial charge is 0.342 e. The van der Waals surface area contributed by atoms with Crippen molar-refractivity contribution in [2.75, 3.05) is 13.1 Å². The van der Waals surface area contributed by atoms with Crippen LogP contribution in [0.25, 0.3) is 0 Å². The summed E-state index contributed by atoms with van der Waals surface area (Å²) in [6.07, 6.45) is 3.25. The van der Waals surface area contributed by atoms with Gasteiger partial charge in [0.05, 0.1) is 0 Å². The molecule has 2 atom stereocenters. The molecular weight excluding hydrogens is 284 g/mol. The highest BCUT2D eigenvalue weighted by molar-refractivity contribution is 6.30. The maximum atomic E-state index is 12.1. The van der Waals surface area contributed by atoms with Crippen LogP contribution in [0.2, 0.25) is 5.02 Å². The number of halogens is 1. The molecule has 1 aromatic carbocycles. The Morgan fingerprint density at radius 3 is 2.62 bits per heavy atom. The van der Waals surface area contributed by atoms with Gasteiger partial charge in [-0.3, -0.25) is 4.79 Å². The van der Waals surface area contributed by atoms with Crippen molar-refractivity contribution in [3.63, 3.8) is 0 Å². The maximum absolute atomic E-state index is 12.1. The van der Waals surface area contributed by atoms with E-state index in [1.165, 1.54) is 5.56 Å². The van der Waals surface area contributed by atoms with Gasteiger partial charge in [0.25, 0.3) is 0 Å². The van der Waals surface area contributed by atoms with Gasteiger partial charge < -0.3 is 10.2 Å². The zero-order valence-corrected chi connectivity index (χ0v) is 13.3. The summed E-state index contributed by atoms with van der Waals surface area (Å²) in [5, 5.41) is 4.41. The Labute approximate surface area is 131 Å². The minimum absolute atomic E-state index is 0.343. The molecule has 2 aliphatic rings. The van der Waals surface area contributed by atoms with E-state index in [0.29, 0.717) is 23.8 Å². The Balaban J connectivity index is 1.48. The lowest BCUT2D eigenvalue weighted by Crippen LogP contribution is -2.50. The number of piperidine rings is 1. The minimum atomic E-state index is 0.343. The second kappa shape index (κ2) is 6.37. The first kappa shape index (κ1) is 14.9. The molecule has 0 radical (unpaired) electrons. The van der Waals surface area contributed by atoms with Crippen LogP contribution in [-0.2, 0) is 11.3 Å². The van der Waals surface area contributed by atoms with Crippen LogP contribution in [-0.4, -0.2) is 29.9 Å². The highest BCUT2D eigenvalue weighted by atomic mass is 35.5. The number of hydrogen-bond donors (Lipinski definition) is 1. The summed E-state index contributed by atoms with van der Waals surface area (Å²) in [5.74, 6) is 1.24. The number of nitrogens with one attached hydrogen (secondary N) is 1. The van der Waals surface area contributed by atoms with Crippen molar-refractivity contribution in [2.24, 2.45) is 11.8 Å². The van der Waals surface area contributed by atoms with E-state index >= 15 is 0 Å². The number of likely N-dealkylation sites (tertiary alicyclic amines) is 1. The van der Waals surface area contributed by atoms with Gasteiger partial charge in [0.2, 0.25) is 5.91 Å². The molecule has 21 heavy (non-hydrogen) atoms. The third-order valence-electron chi connectivity index (χ3n) is 4.63. The first-order valence-corrected chi connectivity index (χ1v) is 8.28. The summed E-state index contributed by atoms with van der Waals surface area (Å²) in [6, 6.07) is 8.47. The standard InChI is InChI=1S/C17H23ClN2O/c1-12-11-20(17(21)14-4-5-14)9-8-16(12)19-10-13-2-6-15(18)7-3-13/h2-3,6-7,12,14,16,19H,4-5,8-11H2,1H3/t12-,16-/m1/s1. The van der Waals surface area contributed by atoms with Crippen LogP contribution < -0.4 is 5.32 Å². The van der Waals surface area contributed by atoms with E-state index in [1.54, 1.807) is 0 Å². The van der Waals surface area contributed by atoms with Crippen LogP contribution in [0, 0.1) is 11.8 Å². The van der Waals surface area contributed by atoms with Crippen LogP contribution in [0.4, 0.5) is 0 Å². The van der Waals surface area contributed by atoms with Crippen molar-refractivity contribution in [1.82, 2.24) is 10.2 Å². The Kier molecular flexibility index (Phi) is 4.51. The van der Waals surface area contributed by atoms with Crippen molar-refractivity contribution >= 4 is 17.5 Å². The van der Waals surface area contributed by atoms with Crippen molar-refractivity contribution < 1.29 is 4.79 Å². The van der Waals surface area contributed by atoms with Gasteiger partial charge in [-0.05, 0) is 42.9 Å². The predicted molar refractivity (Wildman–Crippen MR) is 85.2 cm³/mol. The second-order valence-electron chi connectivity index (χ2n) is 6.44.